The lowest BCUT2D eigenvalue weighted by Crippen LogP contribution is -1.96. The molecule has 0 aromatic carbocycles. The predicted molar refractivity (Wildman–Crippen MR) is 26.4 cm³/mol. The van der Waals surface area contributed by atoms with Crippen LogP contribution < -0.4 is 0 Å². The van der Waals surface area contributed by atoms with Crippen LogP contribution in [0.3, 0.4) is 0 Å². The van der Waals surface area contributed by atoms with Gasteiger partial charge in [0.15, 0.2) is 0 Å². The highest BCUT2D eigenvalue weighted by molar-refractivity contribution is 4.94. The van der Waals surface area contributed by atoms with Crippen molar-refractivity contribution < 1.29 is 5.11 Å². The molecule has 1 unspecified atom stereocenters. The topological polar surface area (TPSA) is 44.0 Å². The molecular formula is C5H7NO. The molecule has 0 aromatic rings. The number of hydrogen-bond donors (Lipinski definition) is 1. The van der Waals surface area contributed by atoms with Gasteiger partial charge in [-0.3, -0.25) is 0 Å². The fourth-order valence-electron chi connectivity index (χ4n) is 0.168. The Labute approximate surface area is 42.7 Å². The fraction of sp³-hybridized carbons (Fsp3) is 0.400. The Morgan fingerprint density at radius 3 is 2.57 bits per heavy atom. The van der Waals surface area contributed by atoms with Crippen LogP contribution in [0.25, 0.3) is 0 Å². The van der Waals surface area contributed by atoms with Crippen molar-refractivity contribution in [2.75, 3.05) is 6.61 Å². The van der Waals surface area contributed by atoms with Crippen LogP contribution >= 0.6 is 0 Å². The van der Waals surface area contributed by atoms with Crippen LogP contribution in [0.5, 0.6) is 0 Å². The minimum absolute atomic E-state index is 0.125. The number of rotatable bonds is 2. The normalized spacial score (nSPS) is 12.0. The summed E-state index contributed by atoms with van der Waals surface area (Å²) in [6.45, 7) is 3.20. The first kappa shape index (κ1) is 6.19. The van der Waals surface area contributed by atoms with E-state index in [1.165, 1.54) is 6.08 Å². The summed E-state index contributed by atoms with van der Waals surface area (Å²) in [4.78, 5) is 0. The van der Waals surface area contributed by atoms with Crippen molar-refractivity contribution in [3.63, 3.8) is 0 Å². The van der Waals surface area contributed by atoms with Crippen molar-refractivity contribution in [3.05, 3.63) is 12.7 Å². The third-order valence-electron chi connectivity index (χ3n) is 0.647. The minimum Gasteiger partial charge on any atom is -0.395 e. The van der Waals surface area contributed by atoms with E-state index in [9.17, 15) is 0 Å². The lowest BCUT2D eigenvalue weighted by atomic mass is 10.2. The summed E-state index contributed by atoms with van der Waals surface area (Å²) in [5.41, 5.74) is 0. The minimum atomic E-state index is -0.389. The van der Waals surface area contributed by atoms with Crippen molar-refractivity contribution in [2.45, 2.75) is 0 Å². The molecule has 0 bridgehead atoms. The molecule has 2 nitrogen and oxygen atoms in total. The smallest absolute Gasteiger partial charge is 0.0871 e. The van der Waals surface area contributed by atoms with E-state index in [1.807, 2.05) is 6.07 Å². The van der Waals surface area contributed by atoms with E-state index in [4.69, 9.17) is 10.4 Å². The van der Waals surface area contributed by atoms with Crippen LogP contribution in [0.15, 0.2) is 12.7 Å². The van der Waals surface area contributed by atoms with E-state index in [2.05, 4.69) is 6.58 Å². The summed E-state index contributed by atoms with van der Waals surface area (Å²) in [5, 5.41) is 16.3. The van der Waals surface area contributed by atoms with Crippen LogP contribution in [-0.2, 0) is 0 Å². The SMILES string of the molecule is C=CC(C#N)CO. The first-order valence-corrected chi connectivity index (χ1v) is 1.98. The molecule has 0 fully saturated rings. The first-order chi connectivity index (χ1) is 3.35. The van der Waals surface area contributed by atoms with E-state index in [1.54, 1.807) is 0 Å². The van der Waals surface area contributed by atoms with Gasteiger partial charge in [0, 0.05) is 0 Å². The van der Waals surface area contributed by atoms with Crippen LogP contribution in [-0.4, -0.2) is 11.7 Å². The molecular weight excluding hydrogens is 90.1 g/mol. The van der Waals surface area contributed by atoms with Gasteiger partial charge in [0.2, 0.25) is 0 Å². The van der Waals surface area contributed by atoms with Gasteiger partial charge < -0.3 is 5.11 Å². The highest BCUT2D eigenvalue weighted by Crippen LogP contribution is 1.89. The van der Waals surface area contributed by atoms with Crippen molar-refractivity contribution in [3.8, 4) is 6.07 Å². The highest BCUT2D eigenvalue weighted by atomic mass is 16.3. The Kier molecular flexibility index (Phi) is 2.99. The fourth-order valence-corrected chi connectivity index (χ4v) is 0.168. The average molecular weight is 97.1 g/mol. The second kappa shape index (κ2) is 3.38. The molecule has 0 saturated carbocycles. The van der Waals surface area contributed by atoms with E-state index in [0.29, 0.717) is 0 Å². The average Bonchev–Trinajstić information content (AvgIpc) is 1.72. The zero-order valence-electron chi connectivity index (χ0n) is 3.96. The molecule has 38 valence electrons. The van der Waals surface area contributed by atoms with E-state index in [0.717, 1.165) is 0 Å². The van der Waals surface area contributed by atoms with Gasteiger partial charge in [0.1, 0.15) is 0 Å². The number of nitrogens with zero attached hydrogens (tertiary/aromatic N) is 1. The Morgan fingerprint density at radius 2 is 2.57 bits per heavy atom. The maximum atomic E-state index is 8.23. The van der Waals surface area contributed by atoms with Crippen molar-refractivity contribution >= 4 is 0 Å². The van der Waals surface area contributed by atoms with Crippen LogP contribution in [0.1, 0.15) is 0 Å². The quantitative estimate of drug-likeness (QED) is 0.504. The molecule has 2 heteroatoms. The molecule has 7 heavy (non-hydrogen) atoms. The van der Waals surface area contributed by atoms with Gasteiger partial charge in [0.25, 0.3) is 0 Å². The molecule has 0 aromatic heterocycles. The Bertz CT molecular complexity index is 92.7. The molecule has 0 rings (SSSR count). The molecule has 1 N–H and O–H groups in total. The monoisotopic (exact) mass is 97.1 g/mol. The van der Waals surface area contributed by atoms with Crippen LogP contribution in [0.2, 0.25) is 0 Å². The summed E-state index contributed by atoms with van der Waals surface area (Å²) in [6.07, 6.45) is 1.42. The maximum Gasteiger partial charge on any atom is 0.0871 e. The van der Waals surface area contributed by atoms with E-state index >= 15 is 0 Å². The molecule has 0 heterocycles. The van der Waals surface area contributed by atoms with Crippen molar-refractivity contribution in [1.82, 2.24) is 0 Å². The Morgan fingerprint density at radius 1 is 2.00 bits per heavy atom. The summed E-state index contributed by atoms with van der Waals surface area (Å²) in [6, 6.07) is 1.83. The standard InChI is InChI=1S/C5H7NO/c1-2-5(3-6)4-7/h2,5,7H,1,4H2. The number of aliphatic hydroxyl groups is 1. The summed E-state index contributed by atoms with van der Waals surface area (Å²) < 4.78 is 0. The van der Waals surface area contributed by atoms with Crippen molar-refractivity contribution in [1.29, 1.82) is 5.26 Å². The van der Waals surface area contributed by atoms with Gasteiger partial charge in [-0.15, -0.1) is 6.58 Å². The van der Waals surface area contributed by atoms with Crippen molar-refractivity contribution in [2.24, 2.45) is 5.92 Å². The van der Waals surface area contributed by atoms with Gasteiger partial charge in [-0.1, -0.05) is 6.08 Å². The molecule has 0 aliphatic heterocycles. The first-order valence-electron chi connectivity index (χ1n) is 1.98. The molecule has 0 spiro atoms. The second-order valence-corrected chi connectivity index (χ2v) is 1.15. The van der Waals surface area contributed by atoms with Crippen LogP contribution in [0, 0.1) is 17.2 Å². The van der Waals surface area contributed by atoms with Gasteiger partial charge in [-0.2, -0.15) is 5.26 Å². The second-order valence-electron chi connectivity index (χ2n) is 1.15. The van der Waals surface area contributed by atoms with Gasteiger partial charge in [0.05, 0.1) is 18.6 Å². The number of nitriles is 1. The molecule has 0 saturated heterocycles. The molecule has 0 aliphatic carbocycles. The van der Waals surface area contributed by atoms with Crippen LogP contribution in [0.4, 0.5) is 0 Å². The Balaban J connectivity index is 3.43. The highest BCUT2D eigenvalue weighted by Gasteiger charge is 1.94. The molecule has 0 aliphatic rings. The molecule has 1 atom stereocenters. The van der Waals surface area contributed by atoms with Gasteiger partial charge in [-0.25, -0.2) is 0 Å². The third kappa shape index (κ3) is 1.96. The lowest BCUT2D eigenvalue weighted by Gasteiger charge is -1.90. The Hall–Kier alpha value is -0.810. The van der Waals surface area contributed by atoms with Gasteiger partial charge >= 0.3 is 0 Å². The van der Waals surface area contributed by atoms with Gasteiger partial charge in [-0.05, 0) is 0 Å². The predicted octanol–water partition coefficient (Wildman–Crippen LogP) is 0.304. The maximum absolute atomic E-state index is 8.23. The summed E-state index contributed by atoms with van der Waals surface area (Å²) >= 11 is 0. The zero-order valence-corrected chi connectivity index (χ0v) is 3.96. The van der Waals surface area contributed by atoms with E-state index < -0.39 is 0 Å². The lowest BCUT2D eigenvalue weighted by molar-refractivity contribution is 0.277. The number of hydrogen-bond acceptors (Lipinski definition) is 2. The zero-order chi connectivity index (χ0) is 5.70. The largest absolute Gasteiger partial charge is 0.395 e. The molecule has 0 amide bonds. The number of aliphatic hydroxyl groups excluding tert-OH is 1. The summed E-state index contributed by atoms with van der Waals surface area (Å²) in [7, 11) is 0. The third-order valence-corrected chi connectivity index (χ3v) is 0.647. The van der Waals surface area contributed by atoms with E-state index in [-0.39, 0.29) is 12.5 Å². The molecule has 0 radical (unpaired) electrons. The summed E-state index contributed by atoms with van der Waals surface area (Å²) in [5.74, 6) is -0.389.